The van der Waals surface area contributed by atoms with E-state index in [0.29, 0.717) is 58.9 Å². The molecule has 2 saturated heterocycles. The Balaban J connectivity index is 1.35. The van der Waals surface area contributed by atoms with Gasteiger partial charge in [-0.15, -0.1) is 0 Å². The monoisotopic (exact) mass is 443 g/mol. The van der Waals surface area contributed by atoms with Gasteiger partial charge in [0.25, 0.3) is 5.69 Å². The highest BCUT2D eigenvalue weighted by Gasteiger charge is 2.43. The lowest BCUT2D eigenvalue weighted by atomic mass is 9.83. The Labute approximate surface area is 186 Å². The van der Waals surface area contributed by atoms with Gasteiger partial charge in [-0.05, 0) is 30.9 Å². The zero-order valence-corrected chi connectivity index (χ0v) is 18.1. The van der Waals surface area contributed by atoms with Crippen molar-refractivity contribution in [2.45, 2.75) is 31.3 Å². The van der Waals surface area contributed by atoms with E-state index in [1.165, 1.54) is 6.07 Å². The van der Waals surface area contributed by atoms with Crippen molar-refractivity contribution in [3.8, 4) is 0 Å². The van der Waals surface area contributed by atoms with Crippen molar-refractivity contribution >= 4 is 23.2 Å². The number of nitrogens with zero attached hydrogens (tertiary/aromatic N) is 4. The van der Waals surface area contributed by atoms with Crippen LogP contribution in [-0.4, -0.2) is 91.1 Å². The zero-order chi connectivity index (χ0) is 22.2. The second kappa shape index (κ2) is 8.67. The molecule has 10 heteroatoms. The van der Waals surface area contributed by atoms with E-state index in [1.807, 2.05) is 11.0 Å². The van der Waals surface area contributed by atoms with Crippen molar-refractivity contribution in [1.29, 1.82) is 0 Å². The number of ether oxygens (including phenoxy) is 1. The van der Waals surface area contributed by atoms with E-state index in [4.69, 9.17) is 4.74 Å². The number of non-ortho nitro benzene ring substituents is 1. The lowest BCUT2D eigenvalue weighted by molar-refractivity contribution is -0.384. The van der Waals surface area contributed by atoms with E-state index in [2.05, 4.69) is 15.1 Å². The number of nitrogens with one attached hydrogen (secondary N) is 1. The minimum Gasteiger partial charge on any atom is -0.378 e. The molecule has 1 aromatic rings. The first-order valence-corrected chi connectivity index (χ1v) is 11.4. The molecule has 3 fully saturated rings. The number of hydrogen-bond donors (Lipinski definition) is 1. The molecule has 10 nitrogen and oxygen atoms in total. The number of amides is 2. The molecule has 5 rings (SSSR count). The predicted molar refractivity (Wildman–Crippen MR) is 116 cm³/mol. The molecule has 1 aliphatic carbocycles. The van der Waals surface area contributed by atoms with E-state index < -0.39 is 0 Å². The number of nitro groups is 1. The van der Waals surface area contributed by atoms with Crippen LogP contribution in [0.5, 0.6) is 0 Å². The number of benzene rings is 1. The van der Waals surface area contributed by atoms with Crippen molar-refractivity contribution in [2.75, 3.05) is 57.4 Å². The van der Waals surface area contributed by atoms with Crippen LogP contribution >= 0.6 is 0 Å². The van der Waals surface area contributed by atoms with Crippen molar-refractivity contribution < 1.29 is 19.2 Å². The second-order valence-electron chi connectivity index (χ2n) is 9.15. The number of fused-ring (bicyclic) bond motifs is 3. The average Bonchev–Trinajstić information content (AvgIpc) is 3.62. The number of piperazine rings is 1. The SMILES string of the molecule is O=C(NC1CC1)[C@@H]1Cc2cc([N+](=O)[O-])ccc2N2CCN(CC(=O)N3CCOCC3)C[C@@H]12. The van der Waals surface area contributed by atoms with Crippen molar-refractivity contribution in [2.24, 2.45) is 5.92 Å². The highest BCUT2D eigenvalue weighted by Crippen LogP contribution is 2.38. The van der Waals surface area contributed by atoms with E-state index in [-0.39, 0.29) is 40.4 Å². The molecular weight excluding hydrogens is 414 g/mol. The quantitative estimate of drug-likeness (QED) is 0.518. The Bertz CT molecular complexity index is 914. The van der Waals surface area contributed by atoms with Gasteiger partial charge in [0.1, 0.15) is 0 Å². The molecule has 0 aromatic heterocycles. The maximum atomic E-state index is 13.1. The Morgan fingerprint density at radius 1 is 1.16 bits per heavy atom. The minimum absolute atomic E-state index is 0.0148. The van der Waals surface area contributed by atoms with Crippen molar-refractivity contribution in [3.05, 3.63) is 33.9 Å². The van der Waals surface area contributed by atoms with Crippen LogP contribution in [0.2, 0.25) is 0 Å². The summed E-state index contributed by atoms with van der Waals surface area (Å²) in [6.45, 7) is 4.76. The molecule has 3 heterocycles. The molecule has 0 bridgehead atoms. The number of hydrogen-bond acceptors (Lipinski definition) is 7. The summed E-state index contributed by atoms with van der Waals surface area (Å²) < 4.78 is 5.34. The van der Waals surface area contributed by atoms with E-state index in [0.717, 1.165) is 24.1 Å². The molecule has 2 atom stereocenters. The van der Waals surface area contributed by atoms with E-state index >= 15 is 0 Å². The topological polar surface area (TPSA) is 108 Å². The number of rotatable bonds is 5. The van der Waals surface area contributed by atoms with Gasteiger partial charge in [0.05, 0.1) is 36.6 Å². The molecule has 32 heavy (non-hydrogen) atoms. The van der Waals surface area contributed by atoms with Gasteiger partial charge in [0.2, 0.25) is 11.8 Å². The fourth-order valence-electron chi connectivity index (χ4n) is 5.07. The first kappa shape index (κ1) is 21.1. The van der Waals surface area contributed by atoms with Gasteiger partial charge in [-0.2, -0.15) is 0 Å². The molecule has 0 radical (unpaired) electrons. The van der Waals surface area contributed by atoms with Crippen molar-refractivity contribution in [1.82, 2.24) is 15.1 Å². The molecule has 2 amide bonds. The van der Waals surface area contributed by atoms with Crippen LogP contribution in [0.4, 0.5) is 11.4 Å². The van der Waals surface area contributed by atoms with Gasteiger partial charge >= 0.3 is 0 Å². The third kappa shape index (κ3) is 4.29. The lowest BCUT2D eigenvalue weighted by Crippen LogP contribution is -2.62. The molecule has 4 aliphatic rings. The zero-order valence-electron chi connectivity index (χ0n) is 18.1. The fraction of sp³-hybridized carbons (Fsp3) is 0.636. The summed E-state index contributed by atoms with van der Waals surface area (Å²) in [7, 11) is 0. The van der Waals surface area contributed by atoms with Crippen LogP contribution in [0.3, 0.4) is 0 Å². The molecule has 3 aliphatic heterocycles. The predicted octanol–water partition coefficient (Wildman–Crippen LogP) is 0.395. The smallest absolute Gasteiger partial charge is 0.269 e. The maximum Gasteiger partial charge on any atom is 0.269 e. The van der Waals surface area contributed by atoms with Crippen LogP contribution in [0.1, 0.15) is 18.4 Å². The Hall–Kier alpha value is -2.72. The van der Waals surface area contributed by atoms with Crippen molar-refractivity contribution in [3.63, 3.8) is 0 Å². The number of carbonyl (C=O) groups is 2. The van der Waals surface area contributed by atoms with Crippen LogP contribution < -0.4 is 10.2 Å². The fourth-order valence-corrected chi connectivity index (χ4v) is 5.07. The number of nitro benzene ring substituents is 1. The molecule has 1 saturated carbocycles. The van der Waals surface area contributed by atoms with Gasteiger partial charge in [-0.3, -0.25) is 24.6 Å². The molecule has 0 spiro atoms. The largest absolute Gasteiger partial charge is 0.378 e. The second-order valence-corrected chi connectivity index (χ2v) is 9.15. The Kier molecular flexibility index (Phi) is 5.73. The van der Waals surface area contributed by atoms with Gasteiger partial charge in [0, 0.05) is 56.6 Å². The minimum atomic E-state index is -0.388. The standard InChI is InChI=1S/C22H29N5O5/c28-21(25-7-9-32-10-8-25)14-24-5-6-26-19-4-3-17(27(30)31)11-15(19)12-18(20(26)13-24)22(29)23-16-1-2-16/h3-4,11,16,18,20H,1-2,5-10,12-14H2,(H,23,29)/t18-,20+/m1/s1. The lowest BCUT2D eigenvalue weighted by Gasteiger charge is -2.49. The first-order valence-electron chi connectivity index (χ1n) is 11.4. The maximum absolute atomic E-state index is 13.1. The highest BCUT2D eigenvalue weighted by atomic mass is 16.6. The van der Waals surface area contributed by atoms with Crippen LogP contribution in [0.15, 0.2) is 18.2 Å². The third-order valence-corrected chi connectivity index (χ3v) is 6.97. The summed E-state index contributed by atoms with van der Waals surface area (Å²) >= 11 is 0. The van der Waals surface area contributed by atoms with Gasteiger partial charge in [-0.1, -0.05) is 0 Å². The van der Waals surface area contributed by atoms with Gasteiger partial charge < -0.3 is 19.9 Å². The molecule has 1 aromatic carbocycles. The Morgan fingerprint density at radius 2 is 1.94 bits per heavy atom. The van der Waals surface area contributed by atoms with Crippen LogP contribution in [0.25, 0.3) is 0 Å². The van der Waals surface area contributed by atoms with E-state index in [1.54, 1.807) is 6.07 Å². The summed E-state index contributed by atoms with van der Waals surface area (Å²) in [6.07, 6.45) is 2.49. The molecular formula is C22H29N5O5. The normalized spacial score (nSPS) is 25.6. The van der Waals surface area contributed by atoms with Crippen LogP contribution in [0, 0.1) is 16.0 Å². The van der Waals surface area contributed by atoms with E-state index in [9.17, 15) is 19.7 Å². The number of morpholine rings is 1. The summed E-state index contributed by atoms with van der Waals surface area (Å²) in [5.74, 6) is -0.181. The third-order valence-electron chi connectivity index (χ3n) is 6.97. The summed E-state index contributed by atoms with van der Waals surface area (Å²) in [5, 5.41) is 14.4. The molecule has 1 N–H and O–H groups in total. The average molecular weight is 444 g/mol. The Morgan fingerprint density at radius 3 is 2.66 bits per heavy atom. The summed E-state index contributed by atoms with van der Waals surface area (Å²) in [5.41, 5.74) is 1.87. The highest BCUT2D eigenvalue weighted by molar-refractivity contribution is 5.83. The number of carbonyl (C=O) groups excluding carboxylic acids is 2. The van der Waals surface area contributed by atoms with Crippen LogP contribution in [-0.2, 0) is 20.7 Å². The summed E-state index contributed by atoms with van der Waals surface area (Å²) in [4.78, 5) is 43.0. The van der Waals surface area contributed by atoms with Gasteiger partial charge in [-0.25, -0.2) is 0 Å². The van der Waals surface area contributed by atoms with Gasteiger partial charge in [0.15, 0.2) is 0 Å². The molecule has 172 valence electrons. The number of anilines is 1. The summed E-state index contributed by atoms with van der Waals surface area (Å²) in [6, 6.07) is 5.15. The first-order chi connectivity index (χ1) is 15.5. The molecule has 0 unspecified atom stereocenters.